The van der Waals surface area contributed by atoms with Gasteiger partial charge in [-0.05, 0) is 43.2 Å². The van der Waals surface area contributed by atoms with Gasteiger partial charge in [0.05, 0.1) is 4.92 Å². The van der Waals surface area contributed by atoms with Crippen molar-refractivity contribution >= 4 is 5.69 Å². The molecule has 1 aromatic carbocycles. The maximum Gasteiger partial charge on any atom is 0.269 e. The van der Waals surface area contributed by atoms with Crippen LogP contribution in [0.15, 0.2) is 24.3 Å². The molecule has 1 aromatic rings. The number of nitrogens with one attached hydrogen (secondary N) is 1. The summed E-state index contributed by atoms with van der Waals surface area (Å²) < 4.78 is 0. The van der Waals surface area contributed by atoms with E-state index >= 15 is 0 Å². The van der Waals surface area contributed by atoms with Gasteiger partial charge in [0, 0.05) is 18.2 Å². The zero-order valence-electron chi connectivity index (χ0n) is 11.6. The summed E-state index contributed by atoms with van der Waals surface area (Å²) in [5.41, 5.74) is 1.34. The molecule has 1 aliphatic carbocycles. The Morgan fingerprint density at radius 2 is 2.00 bits per heavy atom. The molecule has 0 aliphatic heterocycles. The number of nitro benzene ring substituents is 1. The fraction of sp³-hybridized carbons (Fsp3) is 0.600. The smallest absolute Gasteiger partial charge is 0.269 e. The van der Waals surface area contributed by atoms with Crippen molar-refractivity contribution in [3.8, 4) is 0 Å². The Morgan fingerprint density at radius 1 is 1.37 bits per heavy atom. The van der Waals surface area contributed by atoms with Crippen molar-refractivity contribution in [3.63, 3.8) is 0 Å². The van der Waals surface area contributed by atoms with E-state index in [1.54, 1.807) is 12.1 Å². The van der Waals surface area contributed by atoms with Crippen LogP contribution >= 0.6 is 0 Å². The van der Waals surface area contributed by atoms with E-state index in [1.165, 1.54) is 18.4 Å². The molecule has 4 nitrogen and oxygen atoms in total. The molecule has 0 amide bonds. The van der Waals surface area contributed by atoms with E-state index < -0.39 is 0 Å². The number of hydrogen-bond donors (Lipinski definition) is 1. The molecular formula is C15H22N2O2. The Kier molecular flexibility index (Phi) is 4.53. The first-order valence-electron chi connectivity index (χ1n) is 7.08. The van der Waals surface area contributed by atoms with Crippen LogP contribution in [0.2, 0.25) is 0 Å². The average molecular weight is 262 g/mol. The Balaban J connectivity index is 2.01. The third kappa shape index (κ3) is 3.77. The van der Waals surface area contributed by atoms with E-state index in [-0.39, 0.29) is 10.6 Å². The highest BCUT2D eigenvalue weighted by atomic mass is 16.6. The lowest BCUT2D eigenvalue weighted by Gasteiger charge is -2.25. The van der Waals surface area contributed by atoms with E-state index in [9.17, 15) is 10.1 Å². The summed E-state index contributed by atoms with van der Waals surface area (Å²) in [5, 5.41) is 14.2. The first kappa shape index (κ1) is 14.0. The van der Waals surface area contributed by atoms with Crippen molar-refractivity contribution in [1.82, 2.24) is 5.32 Å². The van der Waals surface area contributed by atoms with Crippen LogP contribution in [-0.2, 0) is 6.42 Å². The fourth-order valence-electron chi connectivity index (χ4n) is 2.66. The molecule has 104 valence electrons. The van der Waals surface area contributed by atoms with Gasteiger partial charge >= 0.3 is 0 Å². The van der Waals surface area contributed by atoms with Crippen LogP contribution in [0, 0.1) is 22.0 Å². The Labute approximate surface area is 114 Å². The molecule has 19 heavy (non-hydrogen) atoms. The van der Waals surface area contributed by atoms with E-state index in [2.05, 4.69) is 19.2 Å². The number of likely N-dealkylation sites (N-methyl/N-ethyl adjacent to an activating group) is 1. The molecule has 2 unspecified atom stereocenters. The zero-order chi connectivity index (χ0) is 13.8. The highest BCUT2D eigenvalue weighted by Crippen LogP contribution is 2.38. The zero-order valence-corrected chi connectivity index (χ0v) is 11.6. The SMILES string of the molecule is CCNC(Cc1ccc([N+](=O)[O-])cc1)C(C)C1CC1. The minimum absolute atomic E-state index is 0.166. The van der Waals surface area contributed by atoms with Crippen molar-refractivity contribution in [1.29, 1.82) is 0 Å². The number of nitrogens with zero attached hydrogens (tertiary/aromatic N) is 1. The molecule has 0 bridgehead atoms. The summed E-state index contributed by atoms with van der Waals surface area (Å²) >= 11 is 0. The Morgan fingerprint density at radius 3 is 2.47 bits per heavy atom. The number of nitro groups is 1. The van der Waals surface area contributed by atoms with Gasteiger partial charge in [0.25, 0.3) is 5.69 Å². The van der Waals surface area contributed by atoms with E-state index in [4.69, 9.17) is 0 Å². The monoisotopic (exact) mass is 262 g/mol. The van der Waals surface area contributed by atoms with Crippen LogP contribution in [0.1, 0.15) is 32.3 Å². The molecule has 2 atom stereocenters. The van der Waals surface area contributed by atoms with Gasteiger partial charge < -0.3 is 5.32 Å². The summed E-state index contributed by atoms with van der Waals surface area (Å²) in [5.74, 6) is 1.54. The molecule has 1 N–H and O–H groups in total. The highest BCUT2D eigenvalue weighted by molar-refractivity contribution is 5.33. The molecule has 4 heteroatoms. The van der Waals surface area contributed by atoms with Gasteiger partial charge in [-0.2, -0.15) is 0 Å². The number of non-ortho nitro benzene ring substituents is 1. The van der Waals surface area contributed by atoms with Crippen LogP contribution in [0.5, 0.6) is 0 Å². The minimum atomic E-state index is -0.349. The van der Waals surface area contributed by atoms with Crippen molar-refractivity contribution in [2.45, 2.75) is 39.2 Å². The second-order valence-corrected chi connectivity index (χ2v) is 5.49. The average Bonchev–Trinajstić information content (AvgIpc) is 3.22. The summed E-state index contributed by atoms with van der Waals surface area (Å²) in [6.07, 6.45) is 3.65. The summed E-state index contributed by atoms with van der Waals surface area (Å²) in [6, 6.07) is 7.42. The lowest BCUT2D eigenvalue weighted by atomic mass is 9.91. The predicted octanol–water partition coefficient (Wildman–Crippen LogP) is 3.16. The van der Waals surface area contributed by atoms with Crippen molar-refractivity contribution < 1.29 is 4.92 Å². The third-order valence-corrected chi connectivity index (χ3v) is 4.07. The van der Waals surface area contributed by atoms with Crippen molar-refractivity contribution in [2.75, 3.05) is 6.54 Å². The lowest BCUT2D eigenvalue weighted by molar-refractivity contribution is -0.384. The maximum atomic E-state index is 10.6. The molecule has 0 radical (unpaired) electrons. The van der Waals surface area contributed by atoms with Crippen LogP contribution < -0.4 is 5.32 Å². The minimum Gasteiger partial charge on any atom is -0.314 e. The van der Waals surface area contributed by atoms with E-state index in [0.29, 0.717) is 12.0 Å². The van der Waals surface area contributed by atoms with Gasteiger partial charge in [0.15, 0.2) is 0 Å². The molecule has 0 aromatic heterocycles. The molecule has 0 saturated heterocycles. The summed E-state index contributed by atoms with van der Waals surface area (Å²) in [6.45, 7) is 5.41. The molecule has 2 rings (SSSR count). The quantitative estimate of drug-likeness (QED) is 0.606. The van der Waals surface area contributed by atoms with Gasteiger partial charge in [0.1, 0.15) is 0 Å². The largest absolute Gasteiger partial charge is 0.314 e. The number of rotatable bonds is 7. The molecule has 1 fully saturated rings. The first-order chi connectivity index (χ1) is 9.11. The van der Waals surface area contributed by atoms with Crippen molar-refractivity contribution in [3.05, 3.63) is 39.9 Å². The molecule has 1 saturated carbocycles. The summed E-state index contributed by atoms with van der Waals surface area (Å²) in [7, 11) is 0. The molecular weight excluding hydrogens is 240 g/mol. The lowest BCUT2D eigenvalue weighted by Crippen LogP contribution is -2.37. The second kappa shape index (κ2) is 6.15. The number of hydrogen-bond acceptors (Lipinski definition) is 3. The molecule has 0 heterocycles. The third-order valence-electron chi connectivity index (χ3n) is 4.07. The first-order valence-corrected chi connectivity index (χ1v) is 7.08. The van der Waals surface area contributed by atoms with E-state index in [1.807, 2.05) is 12.1 Å². The molecule has 1 aliphatic rings. The van der Waals surface area contributed by atoms with Gasteiger partial charge in [-0.15, -0.1) is 0 Å². The van der Waals surface area contributed by atoms with Crippen LogP contribution in [0.4, 0.5) is 5.69 Å². The normalized spacial score (nSPS) is 18.0. The van der Waals surface area contributed by atoms with Gasteiger partial charge in [-0.25, -0.2) is 0 Å². The maximum absolute atomic E-state index is 10.6. The molecule has 0 spiro atoms. The van der Waals surface area contributed by atoms with Gasteiger partial charge in [-0.3, -0.25) is 10.1 Å². The van der Waals surface area contributed by atoms with Gasteiger partial charge in [0.2, 0.25) is 0 Å². The van der Waals surface area contributed by atoms with Crippen LogP contribution in [-0.4, -0.2) is 17.5 Å². The predicted molar refractivity (Wildman–Crippen MR) is 76.2 cm³/mol. The highest BCUT2D eigenvalue weighted by Gasteiger charge is 2.32. The Bertz CT molecular complexity index is 426. The van der Waals surface area contributed by atoms with E-state index in [0.717, 1.165) is 18.9 Å². The van der Waals surface area contributed by atoms with Crippen LogP contribution in [0.25, 0.3) is 0 Å². The summed E-state index contributed by atoms with van der Waals surface area (Å²) in [4.78, 5) is 10.3. The second-order valence-electron chi connectivity index (χ2n) is 5.49. The topological polar surface area (TPSA) is 55.2 Å². The van der Waals surface area contributed by atoms with Gasteiger partial charge in [-0.1, -0.05) is 26.0 Å². The van der Waals surface area contributed by atoms with Crippen molar-refractivity contribution in [2.24, 2.45) is 11.8 Å². The Hall–Kier alpha value is -1.42. The standard InChI is InChI=1S/C15H22N2O2/c1-3-16-15(11(2)13-6-7-13)10-12-4-8-14(9-5-12)17(18)19/h4-5,8-9,11,13,15-16H,3,6-7,10H2,1-2H3. The fourth-order valence-corrected chi connectivity index (χ4v) is 2.66. The van der Waals surface area contributed by atoms with Crippen LogP contribution in [0.3, 0.4) is 0 Å². The number of benzene rings is 1.